The largest absolute Gasteiger partial charge is 0.465 e. The van der Waals surface area contributed by atoms with E-state index in [9.17, 15) is 19.8 Å². The summed E-state index contributed by atoms with van der Waals surface area (Å²) in [6.07, 6.45) is -1.26. The molecule has 2 amide bonds. The van der Waals surface area contributed by atoms with Gasteiger partial charge < -0.3 is 20.3 Å². The van der Waals surface area contributed by atoms with Gasteiger partial charge in [0.1, 0.15) is 12.8 Å². The summed E-state index contributed by atoms with van der Waals surface area (Å²) in [5.41, 5.74) is 0.843. The first kappa shape index (κ1) is 16.1. The van der Waals surface area contributed by atoms with Gasteiger partial charge in [0, 0.05) is 19.1 Å². The van der Waals surface area contributed by atoms with E-state index in [1.807, 2.05) is 30.3 Å². The second-order valence-electron chi connectivity index (χ2n) is 5.21. The van der Waals surface area contributed by atoms with Crippen LogP contribution in [0.3, 0.4) is 0 Å². The molecule has 0 saturated carbocycles. The van der Waals surface area contributed by atoms with Gasteiger partial charge >= 0.3 is 12.2 Å². The molecule has 1 heterocycles. The van der Waals surface area contributed by atoms with Crippen LogP contribution in [0.2, 0.25) is 0 Å². The zero-order valence-electron chi connectivity index (χ0n) is 12.1. The highest BCUT2D eigenvalue weighted by atomic mass is 16.5. The Morgan fingerprint density at radius 2 is 2.05 bits per heavy atom. The number of piperidine rings is 1. The van der Waals surface area contributed by atoms with Gasteiger partial charge in [0.2, 0.25) is 0 Å². The van der Waals surface area contributed by atoms with E-state index in [4.69, 9.17) is 4.74 Å². The Hall–Kier alpha value is -2.28. The van der Waals surface area contributed by atoms with Crippen molar-refractivity contribution >= 4 is 12.2 Å². The lowest BCUT2D eigenvalue weighted by Crippen LogP contribution is -2.57. The van der Waals surface area contributed by atoms with E-state index >= 15 is 0 Å². The highest BCUT2D eigenvalue weighted by Crippen LogP contribution is 2.22. The van der Waals surface area contributed by atoms with E-state index in [1.165, 1.54) is 0 Å². The van der Waals surface area contributed by atoms with Gasteiger partial charge in [-0.1, -0.05) is 30.3 Å². The first-order valence-electron chi connectivity index (χ1n) is 7.19. The summed E-state index contributed by atoms with van der Waals surface area (Å²) in [6, 6.07) is 9.20. The molecular weight excluding hydrogens is 288 g/mol. The van der Waals surface area contributed by atoms with Crippen LogP contribution in [0.5, 0.6) is 0 Å². The number of ether oxygens (including phenoxy) is 1. The average molecular weight is 308 g/mol. The summed E-state index contributed by atoms with van der Waals surface area (Å²) >= 11 is 0. The number of nitrogens with one attached hydrogen (secondary N) is 1. The molecule has 1 fully saturated rings. The number of carbonyl (C=O) groups is 2. The first-order chi connectivity index (χ1) is 10.6. The van der Waals surface area contributed by atoms with Crippen LogP contribution in [0.4, 0.5) is 9.59 Å². The average Bonchev–Trinajstić information content (AvgIpc) is 2.54. The fraction of sp³-hybridized carbons (Fsp3) is 0.467. The van der Waals surface area contributed by atoms with E-state index in [0.29, 0.717) is 19.4 Å². The number of aliphatic hydroxyl groups excluding tert-OH is 1. The van der Waals surface area contributed by atoms with Gasteiger partial charge in [0.05, 0.1) is 0 Å². The summed E-state index contributed by atoms with van der Waals surface area (Å²) in [4.78, 5) is 24.3. The quantitative estimate of drug-likeness (QED) is 0.785. The molecule has 7 nitrogen and oxygen atoms in total. The van der Waals surface area contributed by atoms with Crippen LogP contribution in [0, 0.1) is 5.92 Å². The molecule has 2 unspecified atom stereocenters. The molecule has 2 atom stereocenters. The Kier molecular flexibility index (Phi) is 5.60. The van der Waals surface area contributed by atoms with Gasteiger partial charge in [0.25, 0.3) is 0 Å². The van der Waals surface area contributed by atoms with Crippen molar-refractivity contribution in [2.45, 2.75) is 25.6 Å². The Balaban J connectivity index is 1.93. The maximum atomic E-state index is 11.9. The molecule has 0 bridgehead atoms. The van der Waals surface area contributed by atoms with Crippen LogP contribution in [-0.4, -0.2) is 46.6 Å². The van der Waals surface area contributed by atoms with Crippen molar-refractivity contribution in [2.24, 2.45) is 5.92 Å². The number of amides is 2. The first-order valence-corrected chi connectivity index (χ1v) is 7.19. The molecule has 22 heavy (non-hydrogen) atoms. The number of carboxylic acid groups (broad SMARTS) is 1. The van der Waals surface area contributed by atoms with Crippen LogP contribution < -0.4 is 5.32 Å². The predicted molar refractivity (Wildman–Crippen MR) is 78.1 cm³/mol. The number of aliphatic hydroxyl groups is 1. The third kappa shape index (κ3) is 4.11. The normalized spacial score (nSPS) is 21.2. The number of likely N-dealkylation sites (tertiary alicyclic amines) is 1. The maximum absolute atomic E-state index is 11.9. The number of hydrogen-bond donors (Lipinski definition) is 3. The standard InChI is InChI=1S/C15H20N2O5/c18-9-12-7-4-8-17(15(20)21)13(12)16-14(19)22-10-11-5-2-1-3-6-11/h1-3,5-6,12-13,18H,4,7-10H2,(H,16,19)(H,20,21). The molecule has 0 radical (unpaired) electrons. The molecule has 1 aromatic rings. The van der Waals surface area contributed by atoms with Crippen molar-refractivity contribution in [3.63, 3.8) is 0 Å². The fourth-order valence-electron chi connectivity index (χ4n) is 2.56. The van der Waals surface area contributed by atoms with Crippen molar-refractivity contribution in [1.82, 2.24) is 10.2 Å². The van der Waals surface area contributed by atoms with Crippen LogP contribution in [0.1, 0.15) is 18.4 Å². The molecule has 3 N–H and O–H groups in total. The van der Waals surface area contributed by atoms with E-state index < -0.39 is 18.4 Å². The van der Waals surface area contributed by atoms with Gasteiger partial charge in [-0.25, -0.2) is 9.59 Å². The lowest BCUT2D eigenvalue weighted by atomic mass is 9.95. The Labute approximate surface area is 128 Å². The molecule has 1 saturated heterocycles. The van der Waals surface area contributed by atoms with E-state index in [2.05, 4.69) is 5.32 Å². The lowest BCUT2D eigenvalue weighted by molar-refractivity contribution is 0.0344. The number of rotatable bonds is 4. The van der Waals surface area contributed by atoms with Crippen LogP contribution in [-0.2, 0) is 11.3 Å². The molecule has 0 spiro atoms. The summed E-state index contributed by atoms with van der Waals surface area (Å²) in [5, 5.41) is 21.1. The minimum Gasteiger partial charge on any atom is -0.465 e. The zero-order chi connectivity index (χ0) is 15.9. The minimum absolute atomic E-state index is 0.107. The smallest absolute Gasteiger partial charge is 0.409 e. The highest BCUT2D eigenvalue weighted by Gasteiger charge is 2.35. The molecule has 7 heteroatoms. The Morgan fingerprint density at radius 3 is 2.68 bits per heavy atom. The summed E-state index contributed by atoms with van der Waals surface area (Å²) in [5.74, 6) is -0.325. The molecular formula is C15H20N2O5. The Morgan fingerprint density at radius 1 is 1.32 bits per heavy atom. The van der Waals surface area contributed by atoms with E-state index in [-0.39, 0.29) is 19.1 Å². The highest BCUT2D eigenvalue weighted by molar-refractivity contribution is 5.70. The van der Waals surface area contributed by atoms with E-state index in [1.54, 1.807) is 0 Å². The third-order valence-electron chi connectivity index (χ3n) is 3.71. The van der Waals surface area contributed by atoms with Gasteiger partial charge in [0.15, 0.2) is 0 Å². The SMILES string of the molecule is O=C(NC1C(CO)CCCN1C(=O)O)OCc1ccccc1. The monoisotopic (exact) mass is 308 g/mol. The second kappa shape index (κ2) is 7.65. The number of carbonyl (C=O) groups excluding carboxylic acids is 1. The summed E-state index contributed by atoms with van der Waals surface area (Å²) < 4.78 is 5.10. The molecule has 1 aromatic carbocycles. The molecule has 1 aliphatic heterocycles. The molecule has 2 rings (SSSR count). The fourth-order valence-corrected chi connectivity index (χ4v) is 2.56. The van der Waals surface area contributed by atoms with Gasteiger partial charge in [-0.2, -0.15) is 0 Å². The van der Waals surface area contributed by atoms with Gasteiger partial charge in [-0.15, -0.1) is 0 Å². The number of nitrogens with zero attached hydrogens (tertiary/aromatic N) is 1. The number of alkyl carbamates (subject to hydrolysis) is 1. The number of hydrogen-bond acceptors (Lipinski definition) is 4. The van der Waals surface area contributed by atoms with Crippen LogP contribution >= 0.6 is 0 Å². The van der Waals surface area contributed by atoms with Crippen molar-refractivity contribution in [3.05, 3.63) is 35.9 Å². The summed E-state index contributed by atoms with van der Waals surface area (Å²) in [6.45, 7) is 0.249. The van der Waals surface area contributed by atoms with Gasteiger partial charge in [-0.3, -0.25) is 4.90 Å². The number of benzene rings is 1. The third-order valence-corrected chi connectivity index (χ3v) is 3.71. The lowest BCUT2D eigenvalue weighted by Gasteiger charge is -2.38. The van der Waals surface area contributed by atoms with Crippen molar-refractivity contribution in [3.8, 4) is 0 Å². The Bertz CT molecular complexity index is 508. The molecule has 0 aliphatic carbocycles. The minimum atomic E-state index is -1.12. The maximum Gasteiger partial charge on any atom is 0.409 e. The second-order valence-corrected chi connectivity index (χ2v) is 5.21. The van der Waals surface area contributed by atoms with Crippen LogP contribution in [0.25, 0.3) is 0 Å². The van der Waals surface area contributed by atoms with Crippen molar-refractivity contribution < 1.29 is 24.5 Å². The molecule has 0 aromatic heterocycles. The van der Waals surface area contributed by atoms with Crippen molar-refractivity contribution in [1.29, 1.82) is 0 Å². The summed E-state index contributed by atoms with van der Waals surface area (Å²) in [7, 11) is 0. The molecule has 1 aliphatic rings. The predicted octanol–water partition coefficient (Wildman–Crippen LogP) is 1.62. The van der Waals surface area contributed by atoms with Crippen LogP contribution in [0.15, 0.2) is 30.3 Å². The van der Waals surface area contributed by atoms with Gasteiger partial charge in [-0.05, 0) is 18.4 Å². The zero-order valence-corrected chi connectivity index (χ0v) is 12.1. The molecule has 120 valence electrons. The van der Waals surface area contributed by atoms with E-state index in [0.717, 1.165) is 10.5 Å². The topological polar surface area (TPSA) is 99.1 Å². The van der Waals surface area contributed by atoms with Crippen molar-refractivity contribution in [2.75, 3.05) is 13.2 Å².